The monoisotopic (exact) mass is 558 g/mol. The van der Waals surface area contributed by atoms with Crippen molar-refractivity contribution in [2.75, 3.05) is 0 Å². The summed E-state index contributed by atoms with van der Waals surface area (Å²) in [6.07, 6.45) is 2.21. The van der Waals surface area contributed by atoms with E-state index in [1.54, 1.807) is 0 Å². The van der Waals surface area contributed by atoms with E-state index in [9.17, 15) is 0 Å². The third kappa shape index (κ3) is 5.06. The quantitative estimate of drug-likeness (QED) is 0.174. The zero-order valence-corrected chi connectivity index (χ0v) is 25.3. The molecule has 42 heavy (non-hydrogen) atoms. The summed E-state index contributed by atoms with van der Waals surface area (Å²) in [6.45, 7) is 6.45. The maximum atomic E-state index is 2.30. The second-order valence-electron chi connectivity index (χ2n) is 11.6. The van der Waals surface area contributed by atoms with Gasteiger partial charge in [0.15, 0.2) is 0 Å². The molecule has 1 heteroatoms. The Morgan fingerprint density at radius 2 is 0.905 bits per heavy atom. The molecule has 0 unspecified atom stereocenters. The van der Waals surface area contributed by atoms with Gasteiger partial charge in [-0.1, -0.05) is 126 Å². The van der Waals surface area contributed by atoms with Crippen molar-refractivity contribution >= 4 is 31.5 Å². The molecule has 9 rings (SSSR count). The second kappa shape index (κ2) is 11.1. The minimum atomic E-state index is 1.10. The minimum Gasteiger partial charge on any atom is -0.135 e. The maximum Gasteiger partial charge on any atom is 0.0358 e. The van der Waals surface area contributed by atoms with Crippen LogP contribution in [0.25, 0.3) is 42.4 Å². The van der Waals surface area contributed by atoms with Crippen molar-refractivity contribution in [3.8, 4) is 22.3 Å². The number of benzene rings is 6. The summed E-state index contributed by atoms with van der Waals surface area (Å²) in [5.41, 5.74) is 15.6. The van der Waals surface area contributed by atoms with E-state index in [0.29, 0.717) is 0 Å². The van der Waals surface area contributed by atoms with Crippen LogP contribution in [-0.2, 0) is 12.8 Å². The first-order chi connectivity index (χ1) is 20.5. The average molecular weight is 559 g/mol. The van der Waals surface area contributed by atoms with E-state index < -0.39 is 0 Å². The van der Waals surface area contributed by atoms with Crippen LogP contribution in [0.3, 0.4) is 0 Å². The van der Waals surface area contributed by atoms with Crippen LogP contribution in [-0.4, -0.2) is 0 Å². The predicted molar refractivity (Wildman–Crippen MR) is 183 cm³/mol. The van der Waals surface area contributed by atoms with Crippen LogP contribution >= 0.6 is 11.3 Å². The largest absolute Gasteiger partial charge is 0.135 e. The molecule has 2 aliphatic carbocycles. The Morgan fingerprint density at radius 3 is 1.71 bits per heavy atom. The highest BCUT2D eigenvalue weighted by Crippen LogP contribution is 2.38. The van der Waals surface area contributed by atoms with Gasteiger partial charge in [0.1, 0.15) is 0 Å². The van der Waals surface area contributed by atoms with Gasteiger partial charge in [0, 0.05) is 20.2 Å². The first-order valence-electron chi connectivity index (χ1n) is 14.8. The van der Waals surface area contributed by atoms with Crippen molar-refractivity contribution in [1.29, 1.82) is 0 Å². The first kappa shape index (κ1) is 26.4. The van der Waals surface area contributed by atoms with E-state index in [1.807, 2.05) is 11.3 Å². The minimum absolute atomic E-state index is 1.10. The van der Waals surface area contributed by atoms with Gasteiger partial charge in [-0.3, -0.25) is 0 Å². The molecule has 0 saturated carbocycles. The Morgan fingerprint density at radius 1 is 0.381 bits per heavy atom. The molecule has 1 aromatic heterocycles. The Bertz CT molecular complexity index is 2070. The zero-order chi connectivity index (χ0) is 28.6. The number of hydrogen-bond donors (Lipinski definition) is 0. The lowest BCUT2D eigenvalue weighted by Gasteiger charge is -2.01. The summed E-state index contributed by atoms with van der Waals surface area (Å²) in [7, 11) is 0. The van der Waals surface area contributed by atoms with Gasteiger partial charge in [0.25, 0.3) is 0 Å². The lowest BCUT2D eigenvalue weighted by atomic mass is 10.0. The Hall–Kier alpha value is -4.46. The summed E-state index contributed by atoms with van der Waals surface area (Å²) in [5.74, 6) is 0. The fraction of sp³-hybridized carbons (Fsp3) is 0.122. The standard InChI is InChI=1S/2C14H12.C13H10S/c1-10-6-7-14-12(8-10)9-11-4-2-3-5-13(11)14;1-10-6-7-12-9-11-4-2-3-5-13(11)14(12)8-10;1-9-6-7-11-10-4-2-3-5-12(10)14-13(11)8-9/h2*2-8H,9H2,1H3;2-8H,1H3. The highest BCUT2D eigenvalue weighted by atomic mass is 32.1. The molecule has 0 bridgehead atoms. The Labute approximate surface area is 252 Å². The van der Waals surface area contributed by atoms with Crippen molar-refractivity contribution in [3.63, 3.8) is 0 Å². The van der Waals surface area contributed by atoms with Gasteiger partial charge in [0.05, 0.1) is 0 Å². The van der Waals surface area contributed by atoms with Crippen LogP contribution in [0.1, 0.15) is 38.9 Å². The van der Waals surface area contributed by atoms with Gasteiger partial charge in [-0.15, -0.1) is 11.3 Å². The third-order valence-corrected chi connectivity index (χ3v) is 9.57. The lowest BCUT2D eigenvalue weighted by Crippen LogP contribution is -1.80. The molecular weight excluding hydrogens is 525 g/mol. The van der Waals surface area contributed by atoms with Crippen molar-refractivity contribution < 1.29 is 0 Å². The summed E-state index contributed by atoms with van der Waals surface area (Å²) in [5, 5.41) is 2.77. The second-order valence-corrected chi connectivity index (χ2v) is 12.7. The molecule has 0 nitrogen and oxygen atoms in total. The van der Waals surface area contributed by atoms with Gasteiger partial charge < -0.3 is 0 Å². The van der Waals surface area contributed by atoms with E-state index in [1.165, 1.54) is 81.4 Å². The van der Waals surface area contributed by atoms with Crippen molar-refractivity contribution in [2.24, 2.45) is 0 Å². The number of fused-ring (bicyclic) bond motifs is 9. The van der Waals surface area contributed by atoms with E-state index in [4.69, 9.17) is 0 Å². The van der Waals surface area contributed by atoms with E-state index in [2.05, 4.69) is 148 Å². The number of aryl methyl sites for hydroxylation is 3. The molecule has 0 amide bonds. The first-order valence-corrected chi connectivity index (χ1v) is 15.6. The topological polar surface area (TPSA) is 0 Å². The fourth-order valence-electron chi connectivity index (χ4n) is 6.34. The van der Waals surface area contributed by atoms with E-state index in [-0.39, 0.29) is 0 Å². The summed E-state index contributed by atoms with van der Waals surface area (Å²) < 4.78 is 2.78. The van der Waals surface area contributed by atoms with Gasteiger partial charge in [0.2, 0.25) is 0 Å². The number of hydrogen-bond acceptors (Lipinski definition) is 1. The molecule has 0 N–H and O–H groups in total. The van der Waals surface area contributed by atoms with Gasteiger partial charge >= 0.3 is 0 Å². The smallest absolute Gasteiger partial charge is 0.0358 e. The average Bonchev–Trinajstić information content (AvgIpc) is 3.68. The number of rotatable bonds is 0. The summed E-state index contributed by atoms with van der Waals surface area (Å²) >= 11 is 1.88. The molecule has 0 radical (unpaired) electrons. The van der Waals surface area contributed by atoms with Gasteiger partial charge in [-0.2, -0.15) is 0 Å². The molecule has 6 aromatic carbocycles. The van der Waals surface area contributed by atoms with Crippen LogP contribution in [0, 0.1) is 20.8 Å². The molecule has 204 valence electrons. The van der Waals surface area contributed by atoms with Crippen LogP contribution in [0.2, 0.25) is 0 Å². The van der Waals surface area contributed by atoms with Crippen molar-refractivity contribution in [3.05, 3.63) is 166 Å². The third-order valence-electron chi connectivity index (χ3n) is 8.44. The molecule has 0 fully saturated rings. The normalized spacial score (nSPS) is 12.0. The van der Waals surface area contributed by atoms with Crippen LogP contribution < -0.4 is 0 Å². The van der Waals surface area contributed by atoms with Crippen LogP contribution in [0.15, 0.2) is 127 Å². The molecule has 0 atom stereocenters. The highest BCUT2D eigenvalue weighted by Gasteiger charge is 2.17. The SMILES string of the molecule is Cc1ccc2c(c1)-c1ccccc1C2.Cc1ccc2c(c1)Cc1ccccc1-2.Cc1ccc2c(c1)sc1ccccc12. The molecule has 0 spiro atoms. The Balaban J connectivity index is 0.000000103. The van der Waals surface area contributed by atoms with Gasteiger partial charge in [-0.25, -0.2) is 0 Å². The Kier molecular flexibility index (Phi) is 6.98. The maximum absolute atomic E-state index is 2.30. The van der Waals surface area contributed by atoms with Crippen molar-refractivity contribution in [1.82, 2.24) is 0 Å². The zero-order valence-electron chi connectivity index (χ0n) is 24.4. The summed E-state index contributed by atoms with van der Waals surface area (Å²) in [4.78, 5) is 0. The molecule has 0 saturated heterocycles. The predicted octanol–water partition coefficient (Wildman–Crippen LogP) is 11.5. The fourth-order valence-corrected chi connectivity index (χ4v) is 7.55. The van der Waals surface area contributed by atoms with E-state index >= 15 is 0 Å². The molecule has 0 aliphatic heterocycles. The molecule has 1 heterocycles. The van der Waals surface area contributed by atoms with Crippen LogP contribution in [0.5, 0.6) is 0 Å². The highest BCUT2D eigenvalue weighted by molar-refractivity contribution is 7.25. The van der Waals surface area contributed by atoms with Crippen LogP contribution in [0.4, 0.5) is 0 Å². The molecule has 7 aromatic rings. The van der Waals surface area contributed by atoms with E-state index in [0.717, 1.165) is 12.8 Å². The number of thiophene rings is 1. The summed E-state index contributed by atoms with van der Waals surface area (Å²) in [6, 6.07) is 46.1. The lowest BCUT2D eigenvalue weighted by molar-refractivity contribution is 1.25. The van der Waals surface area contributed by atoms with Gasteiger partial charge in [-0.05, 0) is 95.8 Å². The van der Waals surface area contributed by atoms with Crippen molar-refractivity contribution in [2.45, 2.75) is 33.6 Å². The molecular formula is C41H34S. The molecule has 2 aliphatic rings.